The second kappa shape index (κ2) is 10.7. The molecular weight excluding hydrogens is 563 g/mol. The normalized spacial score (nSPS) is 13.3. The Morgan fingerprint density at radius 2 is 1.02 bits per heavy atom. The summed E-state index contributed by atoms with van der Waals surface area (Å²) < 4.78 is 124. The fourth-order valence-electron chi connectivity index (χ4n) is 4.05. The summed E-state index contributed by atoms with van der Waals surface area (Å²) in [5, 5.41) is 17.8. The van der Waals surface area contributed by atoms with Crippen molar-refractivity contribution in [2.75, 3.05) is 0 Å². The van der Waals surface area contributed by atoms with Crippen LogP contribution in [0, 0.1) is 42.7 Å². The Morgan fingerprint density at radius 3 is 1.39 bits per heavy atom. The summed E-state index contributed by atoms with van der Waals surface area (Å²) in [5.41, 5.74) is -9.13. The summed E-state index contributed by atoms with van der Waals surface area (Å²) in [6.45, 7) is 16.0. The molecule has 0 saturated heterocycles. The van der Waals surface area contributed by atoms with E-state index in [9.17, 15) is 50.0 Å². The van der Waals surface area contributed by atoms with E-state index in [1.54, 1.807) is 0 Å². The first-order chi connectivity index (χ1) is 19.0. The van der Waals surface area contributed by atoms with Gasteiger partial charge >= 0.3 is 18.5 Å². The van der Waals surface area contributed by atoms with Crippen LogP contribution in [0.15, 0.2) is 48.5 Å². The van der Waals surface area contributed by atoms with Crippen molar-refractivity contribution in [3.63, 3.8) is 0 Å². The van der Waals surface area contributed by atoms with Gasteiger partial charge in [-0.25, -0.2) is 20.2 Å². The summed E-state index contributed by atoms with van der Waals surface area (Å²) in [6, 6.07) is 7.88. The quantitative estimate of drug-likeness (QED) is 0.235. The molecule has 41 heavy (non-hydrogen) atoms. The van der Waals surface area contributed by atoms with Crippen LogP contribution in [0.3, 0.4) is 0 Å². The largest absolute Gasteiger partial charge is 0.417 e. The van der Waals surface area contributed by atoms with Gasteiger partial charge in [0.25, 0.3) is 11.4 Å². The summed E-state index contributed by atoms with van der Waals surface area (Å²) in [6.07, 6.45) is -15.6. The van der Waals surface area contributed by atoms with Crippen LogP contribution in [-0.4, -0.2) is 0 Å². The van der Waals surface area contributed by atoms with Gasteiger partial charge in [0.05, 0.1) is 42.0 Å². The van der Waals surface area contributed by atoms with Crippen LogP contribution < -0.4 is 10.4 Å². The Balaban J connectivity index is 2.72. The minimum absolute atomic E-state index is 0.166. The van der Waals surface area contributed by atoms with Crippen LogP contribution in [0.25, 0.3) is 43.3 Å². The van der Waals surface area contributed by atoms with Gasteiger partial charge < -0.3 is 0 Å². The zero-order valence-corrected chi connectivity index (χ0v) is 20.3. The molecule has 3 aromatic rings. The third kappa shape index (κ3) is 6.00. The van der Waals surface area contributed by atoms with Crippen LogP contribution in [0.2, 0.25) is 0 Å². The predicted molar refractivity (Wildman–Crippen MR) is 128 cm³/mol. The van der Waals surface area contributed by atoms with Crippen LogP contribution in [0.1, 0.15) is 22.3 Å². The van der Waals surface area contributed by atoms with Crippen molar-refractivity contribution in [3.8, 4) is 34.4 Å². The summed E-state index contributed by atoms with van der Waals surface area (Å²) in [5.74, 6) is 0. The molecule has 0 aliphatic rings. The minimum atomic E-state index is -5.40. The molecule has 3 aromatic carbocycles. The minimum Gasteiger partial charge on any atom is -0.226 e. The molecule has 206 valence electrons. The third-order valence-corrected chi connectivity index (χ3v) is 5.82. The van der Waals surface area contributed by atoms with Crippen molar-refractivity contribution in [1.82, 2.24) is 0 Å². The number of hydrogen-bond donors (Lipinski definition) is 0. The maximum absolute atomic E-state index is 14.0. The van der Waals surface area contributed by atoms with Crippen molar-refractivity contribution in [2.45, 2.75) is 25.5 Å². The first-order valence-electron chi connectivity index (χ1n) is 10.9. The first kappa shape index (κ1) is 30.3. The van der Waals surface area contributed by atoms with Crippen molar-refractivity contribution in [3.05, 3.63) is 104 Å². The maximum Gasteiger partial charge on any atom is 0.417 e. The SMILES string of the molecule is [C-]#[N+]/C(C#N)=c1/cc(-c2ccc(C(F)(F)F)cc2C(F)(F)F)/c(=C(\C#N)[N+]#[C-])cc1-c1ccc(C)cc1C(F)(F)F. The molecule has 0 aromatic heterocycles. The van der Waals surface area contributed by atoms with E-state index < -0.39 is 79.3 Å². The van der Waals surface area contributed by atoms with Gasteiger partial charge in [0, 0.05) is 0 Å². The predicted octanol–water partition coefficient (Wildman–Crippen LogP) is 7.49. The fraction of sp³-hybridized carbons (Fsp3) is 0.143. The highest BCUT2D eigenvalue weighted by molar-refractivity contribution is 5.84. The van der Waals surface area contributed by atoms with E-state index >= 15 is 0 Å². The van der Waals surface area contributed by atoms with Gasteiger partial charge in [-0.15, -0.1) is 0 Å². The van der Waals surface area contributed by atoms with Crippen molar-refractivity contribution in [1.29, 1.82) is 10.5 Å². The number of halogens is 9. The zero-order valence-electron chi connectivity index (χ0n) is 20.3. The van der Waals surface area contributed by atoms with Gasteiger partial charge in [0.2, 0.25) is 0 Å². The third-order valence-electron chi connectivity index (χ3n) is 5.82. The molecule has 3 rings (SSSR count). The summed E-state index contributed by atoms with van der Waals surface area (Å²) in [4.78, 5) is 5.90. The Hall–Kier alpha value is -5.27. The van der Waals surface area contributed by atoms with Crippen LogP contribution >= 0.6 is 0 Å². The molecular formula is C28H11F9N4. The number of hydrogen-bond acceptors (Lipinski definition) is 2. The van der Waals surface area contributed by atoms with E-state index in [1.807, 2.05) is 0 Å². The van der Waals surface area contributed by atoms with E-state index in [4.69, 9.17) is 13.1 Å². The monoisotopic (exact) mass is 574 g/mol. The lowest BCUT2D eigenvalue weighted by Crippen LogP contribution is -2.22. The molecule has 0 unspecified atom stereocenters. The van der Waals surface area contributed by atoms with Gasteiger partial charge in [-0.1, -0.05) is 35.9 Å². The number of benzene rings is 3. The fourth-order valence-corrected chi connectivity index (χ4v) is 4.05. The molecule has 0 spiro atoms. The average Bonchev–Trinajstić information content (AvgIpc) is 2.88. The standard InChI is InChI=1S/C28H11F9N4/c1-14-4-6-16(22(8-14)27(32,33)34)18-10-21(25(13-39)41-3)19(11-20(18)24(12-38)40-2)17-7-5-15(26(29,30)31)9-23(17)28(35,36)37/h4-11H,1H3/b24-20-,25-21+. The Morgan fingerprint density at radius 1 is 0.610 bits per heavy atom. The van der Waals surface area contributed by atoms with E-state index in [0.29, 0.717) is 18.2 Å². The molecule has 4 nitrogen and oxygen atoms in total. The molecule has 13 heteroatoms. The lowest BCUT2D eigenvalue weighted by atomic mass is 9.89. The van der Waals surface area contributed by atoms with Gasteiger partial charge in [-0.05, 0) is 57.8 Å². The van der Waals surface area contributed by atoms with Gasteiger partial charge in [-0.2, -0.15) is 39.5 Å². The number of nitriles is 2. The molecule has 0 saturated carbocycles. The molecule has 0 bridgehead atoms. The van der Waals surface area contributed by atoms with E-state index in [-0.39, 0.29) is 11.6 Å². The maximum atomic E-state index is 14.0. The van der Waals surface area contributed by atoms with Gasteiger partial charge in [0.1, 0.15) is 0 Å². The second-order valence-electron chi connectivity index (χ2n) is 8.39. The molecule has 0 aliphatic heterocycles. The zero-order chi connectivity index (χ0) is 30.9. The topological polar surface area (TPSA) is 56.3 Å². The van der Waals surface area contributed by atoms with Gasteiger partial charge in [-0.3, -0.25) is 0 Å². The van der Waals surface area contributed by atoms with Crippen LogP contribution in [0.5, 0.6) is 0 Å². The van der Waals surface area contributed by atoms with Crippen LogP contribution in [-0.2, 0) is 18.5 Å². The highest BCUT2D eigenvalue weighted by Gasteiger charge is 2.39. The Bertz CT molecular complexity index is 1820. The molecule has 0 radical (unpaired) electrons. The smallest absolute Gasteiger partial charge is 0.226 e. The van der Waals surface area contributed by atoms with Crippen molar-refractivity contribution >= 4 is 11.4 Å². The molecule has 0 N–H and O–H groups in total. The average molecular weight is 574 g/mol. The molecule has 0 fully saturated rings. The molecule has 0 amide bonds. The number of aryl methyl sites for hydroxylation is 1. The van der Waals surface area contributed by atoms with Crippen LogP contribution in [0.4, 0.5) is 39.5 Å². The van der Waals surface area contributed by atoms with E-state index in [0.717, 1.165) is 18.2 Å². The van der Waals surface area contributed by atoms with E-state index in [2.05, 4.69) is 9.69 Å². The second-order valence-corrected chi connectivity index (χ2v) is 8.39. The van der Waals surface area contributed by atoms with Crippen molar-refractivity contribution < 1.29 is 39.5 Å². The Kier molecular flexibility index (Phi) is 7.91. The Labute approximate surface area is 225 Å². The summed E-state index contributed by atoms with van der Waals surface area (Å²) >= 11 is 0. The number of alkyl halides is 9. The summed E-state index contributed by atoms with van der Waals surface area (Å²) in [7, 11) is 0. The van der Waals surface area contributed by atoms with Gasteiger partial charge in [0.15, 0.2) is 0 Å². The molecule has 0 aliphatic carbocycles. The lowest BCUT2D eigenvalue weighted by Gasteiger charge is -2.19. The number of nitrogens with zero attached hydrogens (tertiary/aromatic N) is 4. The molecule has 0 atom stereocenters. The number of rotatable bonds is 2. The first-order valence-corrected chi connectivity index (χ1v) is 10.9. The lowest BCUT2D eigenvalue weighted by molar-refractivity contribution is -0.143. The molecule has 0 heterocycles. The van der Waals surface area contributed by atoms with Crippen molar-refractivity contribution in [2.24, 2.45) is 0 Å². The highest BCUT2D eigenvalue weighted by atomic mass is 19.4. The van der Waals surface area contributed by atoms with E-state index in [1.165, 1.54) is 25.1 Å². The highest BCUT2D eigenvalue weighted by Crippen LogP contribution is 2.41.